The maximum atomic E-state index is 9.85. The number of aliphatic hydroxyl groups is 1. The van der Waals surface area contributed by atoms with Crippen molar-refractivity contribution >= 4 is 22.5 Å². The highest BCUT2D eigenvalue weighted by molar-refractivity contribution is 5.86. The number of aliphatic hydroxyl groups excluding tert-OH is 1. The van der Waals surface area contributed by atoms with Gasteiger partial charge in [-0.2, -0.15) is 5.26 Å². The minimum atomic E-state index is -0.0674. The molecule has 0 radical (unpaired) electrons. The Bertz CT molecular complexity index is 1080. The molecule has 1 saturated heterocycles. The summed E-state index contributed by atoms with van der Waals surface area (Å²) in [5, 5.41) is 19.7. The van der Waals surface area contributed by atoms with Crippen molar-refractivity contribution in [3.05, 3.63) is 41.0 Å². The molecule has 1 atom stereocenters. The van der Waals surface area contributed by atoms with Crippen LogP contribution in [-0.2, 0) is 12.8 Å². The van der Waals surface area contributed by atoms with Crippen molar-refractivity contribution in [2.24, 2.45) is 5.41 Å². The number of benzene rings is 1. The Balaban J connectivity index is 1.86. The molecule has 0 bridgehead atoms. The monoisotopic (exact) mass is 346 g/mol. The molecule has 2 aromatic heterocycles. The van der Waals surface area contributed by atoms with Crippen LogP contribution in [0.5, 0.6) is 0 Å². The fourth-order valence-corrected chi connectivity index (χ4v) is 4.73. The van der Waals surface area contributed by atoms with Gasteiger partial charge in [0.1, 0.15) is 11.9 Å². The van der Waals surface area contributed by atoms with Gasteiger partial charge in [-0.15, -0.1) is 0 Å². The minimum absolute atomic E-state index is 0.0674. The fraction of sp³-hybridized carbons (Fsp3) is 0.429. The average Bonchev–Trinajstić information content (AvgIpc) is 3.37. The van der Waals surface area contributed by atoms with Crippen molar-refractivity contribution < 1.29 is 5.11 Å². The fourth-order valence-electron chi connectivity index (χ4n) is 4.73. The third-order valence-electron chi connectivity index (χ3n) is 6.14. The van der Waals surface area contributed by atoms with Crippen LogP contribution in [0.15, 0.2) is 24.3 Å². The summed E-state index contributed by atoms with van der Waals surface area (Å²) in [6, 6.07) is 10.6. The maximum absolute atomic E-state index is 9.85. The normalized spacial score (nSPS) is 22.3. The lowest BCUT2D eigenvalue weighted by Gasteiger charge is -2.27. The average molecular weight is 346 g/mol. The molecule has 3 aromatic rings. The van der Waals surface area contributed by atoms with Gasteiger partial charge in [-0.1, -0.05) is 19.1 Å². The summed E-state index contributed by atoms with van der Waals surface area (Å²) >= 11 is 0. The number of hydrogen-bond acceptors (Lipinski definition) is 4. The van der Waals surface area contributed by atoms with Gasteiger partial charge in [0.25, 0.3) is 0 Å². The highest BCUT2D eigenvalue weighted by Gasteiger charge is 2.37. The first-order valence-electron chi connectivity index (χ1n) is 9.36. The first-order valence-corrected chi connectivity index (χ1v) is 9.36. The quantitative estimate of drug-likeness (QED) is 0.774. The van der Waals surface area contributed by atoms with E-state index in [0.29, 0.717) is 0 Å². The molecule has 1 N–H and O–H groups in total. The van der Waals surface area contributed by atoms with Gasteiger partial charge in [-0.25, -0.2) is 4.98 Å². The largest absolute Gasteiger partial charge is 0.396 e. The van der Waals surface area contributed by atoms with Gasteiger partial charge in [0.05, 0.1) is 23.2 Å². The molecule has 1 unspecified atom stereocenters. The van der Waals surface area contributed by atoms with E-state index in [-0.39, 0.29) is 12.0 Å². The topological polar surface area (TPSA) is 64.6 Å². The van der Waals surface area contributed by atoms with E-state index in [1.165, 1.54) is 16.9 Å². The highest BCUT2D eigenvalue weighted by Crippen LogP contribution is 2.41. The molecule has 0 amide bonds. The van der Waals surface area contributed by atoms with E-state index in [1.807, 2.05) is 18.2 Å². The number of aromatic nitrogens is 2. The van der Waals surface area contributed by atoms with E-state index < -0.39 is 0 Å². The van der Waals surface area contributed by atoms with Gasteiger partial charge in [-0.3, -0.25) is 4.40 Å². The molecule has 2 aliphatic rings. The molecule has 1 aromatic carbocycles. The molecule has 0 spiro atoms. The van der Waals surface area contributed by atoms with Gasteiger partial charge >= 0.3 is 0 Å². The van der Waals surface area contributed by atoms with Crippen molar-refractivity contribution in [3.63, 3.8) is 0 Å². The summed E-state index contributed by atoms with van der Waals surface area (Å²) in [7, 11) is 0. The molecule has 1 fully saturated rings. The Morgan fingerprint density at radius 2 is 2.08 bits per heavy atom. The van der Waals surface area contributed by atoms with Crippen LogP contribution < -0.4 is 4.90 Å². The Labute approximate surface area is 152 Å². The lowest BCUT2D eigenvalue weighted by atomic mass is 9.91. The Hall–Kier alpha value is -2.58. The van der Waals surface area contributed by atoms with Crippen LogP contribution in [0.25, 0.3) is 16.7 Å². The number of nitrogens with zero attached hydrogens (tertiary/aromatic N) is 4. The van der Waals surface area contributed by atoms with Crippen LogP contribution >= 0.6 is 0 Å². The highest BCUT2D eigenvalue weighted by atomic mass is 16.3. The van der Waals surface area contributed by atoms with Gasteiger partial charge in [-0.05, 0) is 48.9 Å². The molecular formula is C21H22N4O. The summed E-state index contributed by atoms with van der Waals surface area (Å²) in [6.45, 7) is 4.12. The number of para-hydroxylation sites is 2. The Kier molecular flexibility index (Phi) is 3.29. The lowest BCUT2D eigenvalue weighted by Crippen LogP contribution is -2.29. The van der Waals surface area contributed by atoms with Gasteiger partial charge in [0.2, 0.25) is 0 Å². The number of fused-ring (bicyclic) bond motifs is 4. The molecular weight excluding hydrogens is 324 g/mol. The van der Waals surface area contributed by atoms with Crippen LogP contribution in [0.1, 0.15) is 36.5 Å². The maximum Gasteiger partial charge on any atom is 0.157 e. The van der Waals surface area contributed by atoms with Crippen molar-refractivity contribution in [1.82, 2.24) is 9.38 Å². The van der Waals surface area contributed by atoms with Crippen molar-refractivity contribution in [1.29, 1.82) is 5.26 Å². The van der Waals surface area contributed by atoms with Crippen LogP contribution in [0, 0.1) is 16.7 Å². The SMILES string of the molecule is CC1(CO)CCN(c2c3c(c(C#N)c4nc5ccccc5n24)CCC3)C1. The van der Waals surface area contributed by atoms with Crippen molar-refractivity contribution in [3.8, 4) is 6.07 Å². The lowest BCUT2D eigenvalue weighted by molar-refractivity contribution is 0.162. The van der Waals surface area contributed by atoms with Crippen molar-refractivity contribution in [2.45, 2.75) is 32.6 Å². The van der Waals surface area contributed by atoms with Gasteiger partial charge < -0.3 is 10.0 Å². The third kappa shape index (κ3) is 2.02. The van der Waals surface area contributed by atoms with Crippen LogP contribution in [0.3, 0.4) is 0 Å². The predicted octanol–water partition coefficient (Wildman–Crippen LogP) is 3.06. The molecule has 5 heteroatoms. The number of anilines is 1. The zero-order chi connectivity index (χ0) is 17.9. The third-order valence-corrected chi connectivity index (χ3v) is 6.14. The van der Waals surface area contributed by atoms with E-state index in [1.54, 1.807) is 0 Å². The Morgan fingerprint density at radius 1 is 1.27 bits per heavy atom. The second-order valence-electron chi connectivity index (χ2n) is 8.02. The molecule has 26 heavy (non-hydrogen) atoms. The van der Waals surface area contributed by atoms with E-state index in [0.717, 1.165) is 61.0 Å². The van der Waals surface area contributed by atoms with Gasteiger partial charge in [0.15, 0.2) is 5.65 Å². The van der Waals surface area contributed by atoms with Gasteiger partial charge in [0, 0.05) is 18.5 Å². The summed E-state index contributed by atoms with van der Waals surface area (Å²) in [4.78, 5) is 7.22. The zero-order valence-electron chi connectivity index (χ0n) is 15.0. The van der Waals surface area contributed by atoms with Crippen LogP contribution in [0.4, 0.5) is 5.82 Å². The smallest absolute Gasteiger partial charge is 0.157 e. The number of hydrogen-bond donors (Lipinski definition) is 1. The summed E-state index contributed by atoms with van der Waals surface area (Å²) in [5.74, 6) is 1.19. The van der Waals surface area contributed by atoms with E-state index >= 15 is 0 Å². The molecule has 132 valence electrons. The number of pyridine rings is 1. The second-order valence-corrected chi connectivity index (χ2v) is 8.02. The number of imidazole rings is 1. The summed E-state index contributed by atoms with van der Waals surface area (Å²) in [5.41, 5.74) is 5.92. The zero-order valence-corrected chi connectivity index (χ0v) is 15.0. The summed E-state index contributed by atoms with van der Waals surface area (Å²) in [6.07, 6.45) is 4.03. The molecule has 5 rings (SSSR count). The molecule has 1 aliphatic heterocycles. The van der Waals surface area contributed by atoms with E-state index in [2.05, 4.69) is 28.4 Å². The van der Waals surface area contributed by atoms with Crippen LogP contribution in [-0.4, -0.2) is 34.2 Å². The number of rotatable bonds is 2. The van der Waals surface area contributed by atoms with Crippen molar-refractivity contribution in [2.75, 3.05) is 24.6 Å². The first kappa shape index (κ1) is 15.7. The number of nitriles is 1. The summed E-state index contributed by atoms with van der Waals surface area (Å²) < 4.78 is 2.20. The molecule has 1 aliphatic carbocycles. The molecule has 3 heterocycles. The van der Waals surface area contributed by atoms with Crippen LogP contribution in [0.2, 0.25) is 0 Å². The standard InChI is InChI=1S/C21H22N4O/c1-21(13-26)9-10-24(12-21)20-15-6-4-5-14(15)16(11-22)19-23-17-7-2-3-8-18(17)25(19)20/h2-3,7-8,26H,4-6,9-10,12-13H2,1H3. The minimum Gasteiger partial charge on any atom is -0.396 e. The predicted molar refractivity (Wildman–Crippen MR) is 101 cm³/mol. The molecule has 0 saturated carbocycles. The Morgan fingerprint density at radius 3 is 2.85 bits per heavy atom. The second kappa shape index (κ2) is 5.46. The molecule has 5 nitrogen and oxygen atoms in total. The van der Waals surface area contributed by atoms with E-state index in [9.17, 15) is 10.4 Å². The van der Waals surface area contributed by atoms with E-state index in [4.69, 9.17) is 4.98 Å². The first-order chi connectivity index (χ1) is 12.6.